The molecular weight excluding hydrogens is 468 g/mol. The number of nitrogens with zero attached hydrogens (tertiary/aromatic N) is 4. The third kappa shape index (κ3) is 5.17. The number of amides is 2. The molecule has 1 aliphatic carbocycles. The van der Waals surface area contributed by atoms with E-state index in [2.05, 4.69) is 26.7 Å². The summed E-state index contributed by atoms with van der Waals surface area (Å²) in [5, 5.41) is 21.5. The summed E-state index contributed by atoms with van der Waals surface area (Å²) < 4.78 is 6.77. The number of urea groups is 1. The molecule has 2 amide bonds. The van der Waals surface area contributed by atoms with Gasteiger partial charge in [0.1, 0.15) is 11.5 Å². The molecule has 2 heterocycles. The summed E-state index contributed by atoms with van der Waals surface area (Å²) in [6.45, 7) is 2.22. The fraction of sp³-hybridized carbons (Fsp3) is 0.286. The number of rotatable bonds is 6. The zero-order valence-electron chi connectivity index (χ0n) is 20.9. The van der Waals surface area contributed by atoms with Gasteiger partial charge in [0.2, 0.25) is 0 Å². The topological polar surface area (TPSA) is 114 Å². The molecule has 190 valence electrons. The summed E-state index contributed by atoms with van der Waals surface area (Å²) >= 11 is 0. The number of fused-ring (bicyclic) bond motifs is 1. The highest BCUT2D eigenvalue weighted by molar-refractivity contribution is 5.90. The van der Waals surface area contributed by atoms with Gasteiger partial charge in [-0.15, -0.1) is 0 Å². The molecule has 9 heteroatoms. The molecule has 0 saturated heterocycles. The summed E-state index contributed by atoms with van der Waals surface area (Å²) in [6, 6.07) is 17.6. The lowest BCUT2D eigenvalue weighted by Crippen LogP contribution is -2.36. The lowest BCUT2D eigenvalue weighted by Gasteiger charge is -2.23. The second kappa shape index (κ2) is 10.8. The summed E-state index contributed by atoms with van der Waals surface area (Å²) in [5.74, 6) is 0.368. The molecule has 0 saturated carbocycles. The van der Waals surface area contributed by atoms with E-state index in [1.165, 1.54) is 12.7 Å². The van der Waals surface area contributed by atoms with Crippen LogP contribution in [0.1, 0.15) is 35.4 Å². The first kappa shape index (κ1) is 24.5. The van der Waals surface area contributed by atoms with E-state index in [1.807, 2.05) is 55.5 Å². The number of aryl methyl sites for hydroxylation is 1. The minimum Gasteiger partial charge on any atom is -0.467 e. The first-order chi connectivity index (χ1) is 18.0. The molecule has 0 spiro atoms. The second-order valence-corrected chi connectivity index (χ2v) is 9.13. The number of methoxy groups -OCH3 is 1. The molecule has 1 aliphatic rings. The first-order valence-electron chi connectivity index (χ1n) is 12.4. The van der Waals surface area contributed by atoms with Crippen LogP contribution in [0, 0.1) is 6.92 Å². The highest BCUT2D eigenvalue weighted by Gasteiger charge is 2.27. The van der Waals surface area contributed by atoms with Crippen LogP contribution in [0.25, 0.3) is 16.9 Å². The third-order valence-electron chi connectivity index (χ3n) is 6.79. The fourth-order valence-electron chi connectivity index (χ4n) is 4.85. The average Bonchev–Trinajstić information content (AvgIpc) is 3.15. The molecule has 2 atom stereocenters. The number of para-hydroxylation sites is 1. The van der Waals surface area contributed by atoms with Gasteiger partial charge in [0, 0.05) is 36.0 Å². The van der Waals surface area contributed by atoms with E-state index in [0.29, 0.717) is 30.0 Å². The molecule has 4 aromatic rings. The lowest BCUT2D eigenvalue weighted by atomic mass is 9.91. The van der Waals surface area contributed by atoms with Gasteiger partial charge in [-0.3, -0.25) is 5.32 Å². The van der Waals surface area contributed by atoms with E-state index in [0.717, 1.165) is 29.7 Å². The Morgan fingerprint density at radius 2 is 1.84 bits per heavy atom. The fourth-order valence-corrected chi connectivity index (χ4v) is 4.85. The summed E-state index contributed by atoms with van der Waals surface area (Å²) in [4.78, 5) is 21.5. The van der Waals surface area contributed by atoms with E-state index in [4.69, 9.17) is 9.84 Å². The Balaban J connectivity index is 1.40. The number of hydrogen-bond donors (Lipinski definition) is 3. The van der Waals surface area contributed by atoms with Crippen molar-refractivity contribution in [1.82, 2.24) is 25.1 Å². The van der Waals surface area contributed by atoms with Crippen molar-refractivity contribution < 1.29 is 14.6 Å². The molecular formula is C28H30N6O3. The van der Waals surface area contributed by atoms with E-state index < -0.39 is 6.10 Å². The van der Waals surface area contributed by atoms with Crippen LogP contribution in [0.4, 0.5) is 10.6 Å². The SMILES string of the molecule is COc1ncc(-c2nn(-c3ccccc3)c(NC(=O)NCC3c4ccccc4CCCC3O)c2C)cn1. The minimum atomic E-state index is -0.512. The van der Waals surface area contributed by atoms with Gasteiger partial charge >= 0.3 is 12.0 Å². The van der Waals surface area contributed by atoms with E-state index in [-0.39, 0.29) is 18.0 Å². The largest absolute Gasteiger partial charge is 0.467 e. The van der Waals surface area contributed by atoms with Crippen molar-refractivity contribution in [2.75, 3.05) is 19.0 Å². The Kier molecular flexibility index (Phi) is 7.14. The van der Waals surface area contributed by atoms with E-state index >= 15 is 0 Å². The normalized spacial score (nSPS) is 16.9. The highest BCUT2D eigenvalue weighted by Crippen LogP contribution is 2.32. The summed E-state index contributed by atoms with van der Waals surface area (Å²) in [5.41, 5.74) is 5.25. The number of anilines is 1. The van der Waals surface area contributed by atoms with Gasteiger partial charge in [-0.25, -0.2) is 19.4 Å². The van der Waals surface area contributed by atoms with Crippen LogP contribution >= 0.6 is 0 Å². The van der Waals surface area contributed by atoms with E-state index in [1.54, 1.807) is 17.1 Å². The third-order valence-corrected chi connectivity index (χ3v) is 6.79. The summed E-state index contributed by atoms with van der Waals surface area (Å²) in [7, 11) is 1.51. The van der Waals surface area contributed by atoms with Crippen molar-refractivity contribution in [3.05, 3.63) is 83.7 Å². The predicted molar refractivity (Wildman–Crippen MR) is 141 cm³/mol. The summed E-state index contributed by atoms with van der Waals surface area (Å²) in [6.07, 6.45) is 5.34. The molecule has 3 N–H and O–H groups in total. The van der Waals surface area contributed by atoms with Crippen molar-refractivity contribution >= 4 is 11.8 Å². The number of aliphatic hydroxyl groups excluding tert-OH is 1. The van der Waals surface area contributed by atoms with Gasteiger partial charge in [-0.05, 0) is 49.4 Å². The maximum atomic E-state index is 13.1. The lowest BCUT2D eigenvalue weighted by molar-refractivity contribution is 0.134. The maximum absolute atomic E-state index is 13.1. The monoisotopic (exact) mass is 498 g/mol. The number of hydrogen-bond acceptors (Lipinski definition) is 6. The van der Waals surface area contributed by atoms with Gasteiger partial charge in [0.25, 0.3) is 0 Å². The van der Waals surface area contributed by atoms with Crippen LogP contribution in [0.3, 0.4) is 0 Å². The Labute approximate surface area is 215 Å². The molecule has 0 bridgehead atoms. The van der Waals surface area contributed by atoms with Gasteiger partial charge < -0.3 is 15.2 Å². The molecule has 37 heavy (non-hydrogen) atoms. The number of carbonyl (C=O) groups excluding carboxylic acids is 1. The van der Waals surface area contributed by atoms with E-state index in [9.17, 15) is 9.90 Å². The smallest absolute Gasteiger partial charge is 0.320 e. The number of benzene rings is 2. The Bertz CT molecular complexity index is 1370. The number of aliphatic hydroxyl groups is 1. The molecule has 2 aromatic heterocycles. The van der Waals surface area contributed by atoms with Crippen molar-refractivity contribution in [2.45, 2.75) is 38.2 Å². The maximum Gasteiger partial charge on any atom is 0.320 e. The Hall–Kier alpha value is -4.24. The van der Waals surface area contributed by atoms with Crippen LogP contribution < -0.4 is 15.4 Å². The molecule has 5 rings (SSSR count). The van der Waals surface area contributed by atoms with Crippen LogP contribution in [0.5, 0.6) is 6.01 Å². The van der Waals surface area contributed by atoms with Crippen LogP contribution in [-0.4, -0.2) is 50.6 Å². The second-order valence-electron chi connectivity index (χ2n) is 9.13. The average molecular weight is 499 g/mol. The molecule has 2 unspecified atom stereocenters. The molecule has 0 fully saturated rings. The van der Waals surface area contributed by atoms with Crippen LogP contribution in [-0.2, 0) is 6.42 Å². The Morgan fingerprint density at radius 1 is 1.11 bits per heavy atom. The molecule has 0 aliphatic heterocycles. The number of aromatic nitrogens is 4. The van der Waals surface area contributed by atoms with Crippen molar-refractivity contribution in [2.24, 2.45) is 0 Å². The predicted octanol–water partition coefficient (Wildman–Crippen LogP) is 4.25. The van der Waals surface area contributed by atoms with Crippen molar-refractivity contribution in [3.8, 4) is 23.0 Å². The van der Waals surface area contributed by atoms with Gasteiger partial charge in [-0.2, -0.15) is 5.10 Å². The van der Waals surface area contributed by atoms with Crippen molar-refractivity contribution in [1.29, 1.82) is 0 Å². The van der Waals surface area contributed by atoms with Crippen LogP contribution in [0.2, 0.25) is 0 Å². The highest BCUT2D eigenvalue weighted by atomic mass is 16.5. The number of nitrogens with one attached hydrogen (secondary N) is 2. The van der Waals surface area contributed by atoms with Gasteiger partial charge in [0.05, 0.1) is 18.9 Å². The first-order valence-corrected chi connectivity index (χ1v) is 12.4. The molecule has 0 radical (unpaired) electrons. The Morgan fingerprint density at radius 3 is 2.59 bits per heavy atom. The number of ether oxygens (including phenoxy) is 1. The zero-order chi connectivity index (χ0) is 25.8. The van der Waals surface area contributed by atoms with Gasteiger partial charge in [0.15, 0.2) is 0 Å². The van der Waals surface area contributed by atoms with Crippen molar-refractivity contribution in [3.63, 3.8) is 0 Å². The zero-order valence-corrected chi connectivity index (χ0v) is 20.9. The van der Waals surface area contributed by atoms with Crippen LogP contribution in [0.15, 0.2) is 67.0 Å². The standard InChI is InChI=1S/C28H30N6O3/c1-18-25(20-15-30-28(37-2)31-16-20)33-34(21-11-4-3-5-12-21)26(18)32-27(36)29-17-23-22-13-7-6-9-19(22)10-8-14-24(23)35/h3-7,9,11-13,15-16,23-24,35H,8,10,14,17H2,1-2H3,(H2,29,32,36). The quantitative estimate of drug-likeness (QED) is 0.343. The minimum absolute atomic E-state index is 0.170. The molecule has 9 nitrogen and oxygen atoms in total. The van der Waals surface area contributed by atoms with Gasteiger partial charge in [-0.1, -0.05) is 42.5 Å². The number of carbonyl (C=O) groups is 1. The molecule has 2 aromatic carbocycles.